The van der Waals surface area contributed by atoms with E-state index in [0.717, 1.165) is 0 Å². The molecule has 0 heterocycles. The summed E-state index contributed by atoms with van der Waals surface area (Å²) in [6, 6.07) is 0. The molecule has 0 aromatic heterocycles. The maximum Gasteiger partial charge on any atom is 2.00 e. The van der Waals surface area contributed by atoms with Gasteiger partial charge >= 0.3 is 23.1 Å². The average Bonchev–Trinajstić information content (AvgIpc) is 0. The number of hydrogen-bond donors (Lipinski definition) is 0. The minimum Gasteiger partial charge on any atom is -1.00 e. The van der Waals surface area contributed by atoms with Gasteiger partial charge in [0, 0.05) is 67.7 Å². The van der Waals surface area contributed by atoms with Crippen molar-refractivity contribution in [2.75, 3.05) is 0 Å². The molecule has 5 heteroatoms. The maximum atomic E-state index is 0. The molecule has 0 fully saturated rings. The zero-order valence-electron chi connectivity index (χ0n) is 4.06. The van der Waals surface area contributed by atoms with Gasteiger partial charge in [0.05, 0.1) is 0 Å². The smallest absolute Gasteiger partial charge is 1.00 e. The van der Waals surface area contributed by atoms with E-state index in [-0.39, 0.29) is 93.6 Å². The molecule has 0 aliphatic heterocycles. The molecule has 0 aromatic rings. The quantitative estimate of drug-likeness (QED) is 0.530. The minimum atomic E-state index is 0. The summed E-state index contributed by atoms with van der Waals surface area (Å²) in [6.45, 7) is 0. The van der Waals surface area contributed by atoms with Crippen LogP contribution in [0.3, 0.4) is 0 Å². The standard InChI is InChI=1S/Cu.Fe.Mg.Mn.Ni.2H/q;;+2;;;2*-1. The van der Waals surface area contributed by atoms with Crippen LogP contribution in [-0.4, -0.2) is 23.1 Å². The van der Waals surface area contributed by atoms with Crippen LogP contribution in [0.1, 0.15) is 2.85 Å². The van der Waals surface area contributed by atoms with Crippen molar-refractivity contribution in [3.05, 3.63) is 0 Å². The third kappa shape index (κ3) is 19.9. The molecule has 0 aliphatic carbocycles. The van der Waals surface area contributed by atoms with Gasteiger partial charge in [-0.3, -0.25) is 0 Å². The Bertz CT molecular complexity index is 17.7. The second-order valence-corrected chi connectivity index (χ2v) is 0. The molecule has 0 aliphatic rings. The number of hydrogen-bond acceptors (Lipinski definition) is 0. The monoisotopic (exact) mass is 258 g/mol. The van der Waals surface area contributed by atoms with Gasteiger partial charge in [0.15, 0.2) is 0 Å². The van der Waals surface area contributed by atoms with Crippen LogP contribution >= 0.6 is 0 Å². The largest absolute Gasteiger partial charge is 2.00 e. The Balaban J connectivity index is 0. The second kappa shape index (κ2) is 29.1. The van der Waals surface area contributed by atoms with Crippen LogP contribution in [0.4, 0.5) is 0 Å². The Morgan fingerprint density at radius 3 is 1.20 bits per heavy atom. The molecule has 0 N–H and O–H groups in total. The second-order valence-electron chi connectivity index (χ2n) is 0. The predicted molar refractivity (Wildman–Crippen MR) is 7.98 cm³/mol. The van der Waals surface area contributed by atoms with E-state index in [9.17, 15) is 0 Å². The third-order valence-electron chi connectivity index (χ3n) is 0. The molecule has 40 valence electrons. The van der Waals surface area contributed by atoms with Gasteiger partial charge in [-0.2, -0.15) is 0 Å². The van der Waals surface area contributed by atoms with Crippen LogP contribution in [-0.2, 0) is 67.7 Å². The summed E-state index contributed by atoms with van der Waals surface area (Å²) >= 11 is 0. The SMILES string of the molecule is [Cu].[Fe].[H-].[H-].[Mg+2].[Mn].[Ni]. The molecule has 2 radical (unpaired) electrons. The van der Waals surface area contributed by atoms with E-state index in [1.165, 1.54) is 0 Å². The van der Waals surface area contributed by atoms with Crippen molar-refractivity contribution in [3.8, 4) is 0 Å². The Labute approximate surface area is 92.4 Å². The average molecular weight is 259 g/mol. The first-order valence-corrected chi connectivity index (χ1v) is 0. The molecule has 0 spiro atoms. The number of rotatable bonds is 0. The molecular formula is H2CuFeMgMnNi. The molecule has 0 saturated carbocycles. The normalized spacial score (nSPS) is 0. The van der Waals surface area contributed by atoms with Gasteiger partial charge in [-0.15, -0.1) is 0 Å². The minimum absolute atomic E-state index is 0. The zero-order valence-corrected chi connectivity index (χ0v) is 7.68. The van der Waals surface area contributed by atoms with E-state index in [2.05, 4.69) is 0 Å². The summed E-state index contributed by atoms with van der Waals surface area (Å²) in [5.41, 5.74) is 0. The van der Waals surface area contributed by atoms with Crippen LogP contribution in [0.15, 0.2) is 0 Å². The molecule has 0 aromatic carbocycles. The van der Waals surface area contributed by atoms with Gasteiger partial charge in [0.1, 0.15) is 0 Å². The fourth-order valence-electron chi connectivity index (χ4n) is 0. The first-order valence-electron chi connectivity index (χ1n) is 0. The van der Waals surface area contributed by atoms with Gasteiger partial charge in [-0.25, -0.2) is 0 Å². The maximum absolute atomic E-state index is 0. The van der Waals surface area contributed by atoms with Gasteiger partial charge < -0.3 is 2.85 Å². The van der Waals surface area contributed by atoms with Crippen molar-refractivity contribution in [1.29, 1.82) is 0 Å². The van der Waals surface area contributed by atoms with Crippen molar-refractivity contribution in [3.63, 3.8) is 0 Å². The van der Waals surface area contributed by atoms with E-state index in [1.807, 2.05) is 0 Å². The Morgan fingerprint density at radius 1 is 1.20 bits per heavy atom. The summed E-state index contributed by atoms with van der Waals surface area (Å²) < 4.78 is 0. The molecule has 0 nitrogen and oxygen atoms in total. The molecule has 0 unspecified atom stereocenters. The molecule has 0 bridgehead atoms. The van der Waals surface area contributed by atoms with Crippen LogP contribution in [0.2, 0.25) is 0 Å². The van der Waals surface area contributed by atoms with Crippen molar-refractivity contribution in [2.45, 2.75) is 0 Å². The Morgan fingerprint density at radius 2 is 1.20 bits per heavy atom. The first kappa shape index (κ1) is 45.8. The Kier molecular flexibility index (Phi) is 266. The van der Waals surface area contributed by atoms with Crippen molar-refractivity contribution < 1.29 is 70.6 Å². The molecule has 0 rings (SSSR count). The van der Waals surface area contributed by atoms with Gasteiger partial charge in [-0.1, -0.05) is 0 Å². The summed E-state index contributed by atoms with van der Waals surface area (Å²) in [4.78, 5) is 0. The van der Waals surface area contributed by atoms with Gasteiger partial charge in [-0.05, 0) is 0 Å². The molecular weight excluding hydrogens is 257 g/mol. The van der Waals surface area contributed by atoms with Crippen LogP contribution in [0, 0.1) is 0 Å². The summed E-state index contributed by atoms with van der Waals surface area (Å²) in [7, 11) is 0. The molecule has 5 heavy (non-hydrogen) atoms. The van der Waals surface area contributed by atoms with Crippen LogP contribution < -0.4 is 0 Å². The molecule has 0 atom stereocenters. The van der Waals surface area contributed by atoms with Gasteiger partial charge in [0.25, 0.3) is 0 Å². The predicted octanol–water partition coefficient (Wildman–Crippen LogP) is -0.166. The zero-order chi connectivity index (χ0) is 0. The van der Waals surface area contributed by atoms with Crippen molar-refractivity contribution in [2.24, 2.45) is 0 Å². The van der Waals surface area contributed by atoms with E-state index >= 15 is 0 Å². The third-order valence-corrected chi connectivity index (χ3v) is 0. The van der Waals surface area contributed by atoms with Crippen molar-refractivity contribution >= 4 is 23.1 Å². The van der Waals surface area contributed by atoms with E-state index in [0.29, 0.717) is 0 Å². The first-order chi connectivity index (χ1) is 0. The summed E-state index contributed by atoms with van der Waals surface area (Å²) in [5, 5.41) is 0. The van der Waals surface area contributed by atoms with E-state index in [4.69, 9.17) is 0 Å². The summed E-state index contributed by atoms with van der Waals surface area (Å²) in [5.74, 6) is 0. The van der Waals surface area contributed by atoms with E-state index < -0.39 is 0 Å². The summed E-state index contributed by atoms with van der Waals surface area (Å²) in [6.07, 6.45) is 0. The Hall–Kier alpha value is 2.82. The fourth-order valence-corrected chi connectivity index (χ4v) is 0. The van der Waals surface area contributed by atoms with Gasteiger partial charge in [0.2, 0.25) is 0 Å². The topological polar surface area (TPSA) is 0 Å². The van der Waals surface area contributed by atoms with Crippen molar-refractivity contribution in [1.82, 2.24) is 0 Å². The fraction of sp³-hybridized carbons (Fsp3) is 0. The molecule has 0 amide bonds. The van der Waals surface area contributed by atoms with Crippen LogP contribution in [0.5, 0.6) is 0 Å². The molecule has 0 saturated heterocycles. The van der Waals surface area contributed by atoms with E-state index in [1.54, 1.807) is 0 Å². The van der Waals surface area contributed by atoms with Crippen LogP contribution in [0.25, 0.3) is 0 Å².